The van der Waals surface area contributed by atoms with Crippen molar-refractivity contribution in [2.75, 3.05) is 39.1 Å². The molecule has 0 unspecified atom stereocenters. The molecule has 1 heterocycles. The van der Waals surface area contributed by atoms with E-state index in [9.17, 15) is 13.2 Å². The minimum atomic E-state index is -3.41. The summed E-state index contributed by atoms with van der Waals surface area (Å²) in [4.78, 5) is 15.0. The highest BCUT2D eigenvalue weighted by Gasteiger charge is 2.34. The van der Waals surface area contributed by atoms with Gasteiger partial charge in [-0.05, 0) is 30.3 Å². The first-order chi connectivity index (χ1) is 14.3. The third kappa shape index (κ3) is 4.35. The number of anilines is 1. The Bertz CT molecular complexity index is 1060. The molecule has 0 aliphatic carbocycles. The Labute approximate surface area is 175 Å². The number of methoxy groups -OCH3 is 4. The maximum absolute atomic E-state index is 13.6. The number of nitrogens with zero attached hydrogens (tertiary/aromatic N) is 1. The van der Waals surface area contributed by atoms with Gasteiger partial charge in [-0.3, -0.25) is 9.69 Å². The first kappa shape index (κ1) is 21.5. The van der Waals surface area contributed by atoms with Crippen molar-refractivity contribution in [2.45, 2.75) is 6.04 Å². The summed E-state index contributed by atoms with van der Waals surface area (Å²) in [6.45, 7) is 0. The van der Waals surface area contributed by atoms with Crippen LogP contribution in [-0.4, -0.2) is 54.6 Å². The second-order valence-electron chi connectivity index (χ2n) is 6.54. The topological polar surface area (TPSA) is 91.4 Å². The maximum Gasteiger partial charge on any atom is 0.259 e. The number of rotatable bonds is 7. The van der Waals surface area contributed by atoms with Gasteiger partial charge in [-0.1, -0.05) is 0 Å². The van der Waals surface area contributed by atoms with E-state index < -0.39 is 21.8 Å². The highest BCUT2D eigenvalue weighted by molar-refractivity contribution is 7.94. The number of sulfone groups is 1. The van der Waals surface area contributed by atoms with Crippen LogP contribution in [0.2, 0.25) is 0 Å². The second-order valence-corrected chi connectivity index (χ2v) is 8.47. The third-order valence-electron chi connectivity index (χ3n) is 4.71. The van der Waals surface area contributed by atoms with Crippen LogP contribution in [0.4, 0.5) is 5.69 Å². The summed E-state index contributed by atoms with van der Waals surface area (Å²) in [5.74, 6) is 1.14. The fourth-order valence-electron chi connectivity index (χ4n) is 3.21. The van der Waals surface area contributed by atoms with Crippen molar-refractivity contribution < 1.29 is 32.2 Å². The standard InChI is InChI=1S/C21H23NO7S/c1-26-16-5-6-19(20(12-16)29-4)22(15-7-8-30(24,25)13-15)21(23)14-9-17(27-2)11-18(10-14)28-3/h5-12,15H,13H2,1-4H3/t15-/m0/s1. The third-order valence-corrected chi connectivity index (χ3v) is 6.08. The second kappa shape index (κ2) is 8.66. The van der Waals surface area contributed by atoms with Gasteiger partial charge in [-0.2, -0.15) is 0 Å². The summed E-state index contributed by atoms with van der Waals surface area (Å²) in [6, 6.07) is 9.05. The van der Waals surface area contributed by atoms with Crippen LogP contribution in [-0.2, 0) is 9.84 Å². The molecule has 0 radical (unpaired) electrons. The van der Waals surface area contributed by atoms with Gasteiger partial charge in [0.1, 0.15) is 23.0 Å². The van der Waals surface area contributed by atoms with Crippen molar-refractivity contribution in [3.8, 4) is 23.0 Å². The van der Waals surface area contributed by atoms with Gasteiger partial charge in [0.15, 0.2) is 9.84 Å². The molecule has 0 bridgehead atoms. The highest BCUT2D eigenvalue weighted by Crippen LogP contribution is 2.36. The quantitative estimate of drug-likeness (QED) is 0.663. The van der Waals surface area contributed by atoms with Crippen LogP contribution in [0.5, 0.6) is 23.0 Å². The molecule has 0 aromatic heterocycles. The van der Waals surface area contributed by atoms with Gasteiger partial charge in [0.2, 0.25) is 0 Å². The van der Waals surface area contributed by atoms with E-state index in [2.05, 4.69) is 0 Å². The summed E-state index contributed by atoms with van der Waals surface area (Å²) in [5.41, 5.74) is 0.693. The Kier molecular flexibility index (Phi) is 6.21. The molecule has 30 heavy (non-hydrogen) atoms. The SMILES string of the molecule is COc1cc(OC)cc(C(=O)N(c2ccc(OC)cc2OC)[C@H]2C=CS(=O)(=O)C2)c1. The molecule has 2 aromatic carbocycles. The van der Waals surface area contributed by atoms with Crippen molar-refractivity contribution >= 4 is 21.4 Å². The van der Waals surface area contributed by atoms with Crippen molar-refractivity contribution in [1.82, 2.24) is 0 Å². The molecule has 1 aliphatic heterocycles. The Hall–Kier alpha value is -3.20. The number of hydrogen-bond acceptors (Lipinski definition) is 7. The van der Waals surface area contributed by atoms with Gasteiger partial charge in [-0.25, -0.2) is 8.42 Å². The Morgan fingerprint density at radius 2 is 1.53 bits per heavy atom. The first-order valence-electron chi connectivity index (χ1n) is 9.01. The summed E-state index contributed by atoms with van der Waals surface area (Å²) in [7, 11) is 2.55. The Morgan fingerprint density at radius 3 is 2.03 bits per heavy atom. The zero-order valence-corrected chi connectivity index (χ0v) is 17.9. The van der Waals surface area contributed by atoms with Crippen LogP contribution in [0, 0.1) is 0 Å². The normalized spacial score (nSPS) is 16.7. The van der Waals surface area contributed by atoms with Crippen LogP contribution in [0.3, 0.4) is 0 Å². The van der Waals surface area contributed by atoms with Gasteiger partial charge in [0.25, 0.3) is 5.91 Å². The Balaban J connectivity index is 2.14. The largest absolute Gasteiger partial charge is 0.497 e. The van der Waals surface area contributed by atoms with E-state index in [1.807, 2.05) is 0 Å². The average Bonchev–Trinajstić information content (AvgIpc) is 3.12. The number of amides is 1. The van der Waals surface area contributed by atoms with E-state index in [0.29, 0.717) is 28.7 Å². The van der Waals surface area contributed by atoms with Gasteiger partial charge in [0, 0.05) is 23.1 Å². The smallest absolute Gasteiger partial charge is 0.259 e. The lowest BCUT2D eigenvalue weighted by Gasteiger charge is -2.29. The zero-order chi connectivity index (χ0) is 21.9. The summed E-state index contributed by atoms with van der Waals surface area (Å²) in [6.07, 6.45) is 1.49. The zero-order valence-electron chi connectivity index (χ0n) is 17.1. The van der Waals surface area contributed by atoms with E-state index >= 15 is 0 Å². The number of ether oxygens (including phenoxy) is 4. The predicted octanol–water partition coefficient (Wildman–Crippen LogP) is 2.68. The molecule has 3 rings (SSSR count). The van der Waals surface area contributed by atoms with E-state index in [1.54, 1.807) is 36.4 Å². The lowest BCUT2D eigenvalue weighted by Crippen LogP contribution is -2.41. The lowest BCUT2D eigenvalue weighted by molar-refractivity contribution is 0.0981. The van der Waals surface area contributed by atoms with Crippen LogP contribution in [0.1, 0.15) is 10.4 Å². The lowest BCUT2D eigenvalue weighted by atomic mass is 10.1. The number of carbonyl (C=O) groups is 1. The summed E-state index contributed by atoms with van der Waals surface area (Å²) < 4.78 is 45.4. The van der Waals surface area contributed by atoms with E-state index in [4.69, 9.17) is 18.9 Å². The molecule has 0 saturated heterocycles. The van der Waals surface area contributed by atoms with Gasteiger partial charge < -0.3 is 18.9 Å². The van der Waals surface area contributed by atoms with E-state index in [0.717, 1.165) is 5.41 Å². The summed E-state index contributed by atoms with van der Waals surface area (Å²) >= 11 is 0. The molecule has 8 nitrogen and oxygen atoms in total. The number of carbonyl (C=O) groups excluding carboxylic acids is 1. The molecule has 1 atom stereocenters. The number of benzene rings is 2. The predicted molar refractivity (Wildman–Crippen MR) is 113 cm³/mol. The number of hydrogen-bond donors (Lipinski definition) is 0. The molecule has 1 aliphatic rings. The molecular weight excluding hydrogens is 410 g/mol. The van der Waals surface area contributed by atoms with Crippen LogP contribution in [0.15, 0.2) is 47.9 Å². The maximum atomic E-state index is 13.6. The van der Waals surface area contributed by atoms with Gasteiger partial charge in [0.05, 0.1) is 45.9 Å². The van der Waals surface area contributed by atoms with E-state index in [1.165, 1.54) is 39.4 Å². The molecule has 9 heteroatoms. The fourth-order valence-corrected chi connectivity index (χ4v) is 4.48. The van der Waals surface area contributed by atoms with E-state index in [-0.39, 0.29) is 11.3 Å². The molecule has 1 amide bonds. The molecule has 0 N–H and O–H groups in total. The molecule has 0 spiro atoms. The highest BCUT2D eigenvalue weighted by atomic mass is 32.2. The van der Waals surface area contributed by atoms with Crippen molar-refractivity contribution in [1.29, 1.82) is 0 Å². The van der Waals surface area contributed by atoms with Crippen LogP contribution < -0.4 is 23.8 Å². The molecule has 0 fully saturated rings. The van der Waals surface area contributed by atoms with Crippen molar-refractivity contribution in [3.63, 3.8) is 0 Å². The first-order valence-corrected chi connectivity index (χ1v) is 10.7. The minimum Gasteiger partial charge on any atom is -0.497 e. The fraction of sp³-hybridized carbons (Fsp3) is 0.286. The Morgan fingerprint density at radius 1 is 0.900 bits per heavy atom. The van der Waals surface area contributed by atoms with Gasteiger partial charge >= 0.3 is 0 Å². The molecule has 160 valence electrons. The van der Waals surface area contributed by atoms with Crippen LogP contribution in [0.25, 0.3) is 0 Å². The molecule has 0 saturated carbocycles. The minimum absolute atomic E-state index is 0.227. The molecule has 2 aromatic rings. The van der Waals surface area contributed by atoms with Crippen LogP contribution >= 0.6 is 0 Å². The summed E-state index contributed by atoms with van der Waals surface area (Å²) in [5, 5.41) is 1.13. The average molecular weight is 433 g/mol. The molecular formula is C21H23NO7S. The van der Waals surface area contributed by atoms with Crippen molar-refractivity contribution in [3.05, 3.63) is 53.4 Å². The van der Waals surface area contributed by atoms with Crippen molar-refractivity contribution in [2.24, 2.45) is 0 Å². The monoisotopic (exact) mass is 433 g/mol. The van der Waals surface area contributed by atoms with Gasteiger partial charge in [-0.15, -0.1) is 0 Å².